The van der Waals surface area contributed by atoms with E-state index in [1.54, 1.807) is 0 Å². The standard InChI is InChI=1S/C35H21N7/c1-19-18-28-20-10-2-4-12-22(20)30(36-28)38-32-24-14-6-8-16-26(24)34(40-32)42-35-27-17-9-7-15-25(27)33(41-35)39-31-23-13-5-3-11-21(23)29(19)37-31/h2-17,41H,1H3,(H,36,38,40,42)/b39-31-. The lowest BCUT2D eigenvalue weighted by Gasteiger charge is -2.00. The van der Waals surface area contributed by atoms with Gasteiger partial charge in [-0.1, -0.05) is 103 Å². The number of aliphatic imine (C=N–C) groups is 4. The van der Waals surface area contributed by atoms with Crippen LogP contribution in [0.4, 0.5) is 11.6 Å². The van der Waals surface area contributed by atoms with Crippen molar-refractivity contribution in [3.8, 4) is 0 Å². The lowest BCUT2D eigenvalue weighted by atomic mass is 10.0. The van der Waals surface area contributed by atoms with Crippen LogP contribution in [0.2, 0.25) is 0 Å². The maximum atomic E-state index is 5.07. The molecule has 0 unspecified atom stereocenters. The molecule has 196 valence electrons. The van der Waals surface area contributed by atoms with Gasteiger partial charge in [0.05, 0.1) is 11.1 Å². The van der Waals surface area contributed by atoms with Crippen molar-refractivity contribution in [2.24, 2.45) is 25.0 Å². The Balaban J connectivity index is 1.44. The first kappa shape index (κ1) is 22.9. The first-order valence-corrected chi connectivity index (χ1v) is 13.8. The second kappa shape index (κ2) is 8.54. The summed E-state index contributed by atoms with van der Waals surface area (Å²) in [6.07, 6.45) is 0. The molecule has 0 saturated heterocycles. The Morgan fingerprint density at radius 3 is 1.64 bits per heavy atom. The Morgan fingerprint density at radius 1 is 0.476 bits per heavy atom. The molecule has 3 aliphatic rings. The zero-order valence-electron chi connectivity index (χ0n) is 22.5. The van der Waals surface area contributed by atoms with Gasteiger partial charge < -0.3 is 9.97 Å². The molecule has 7 heteroatoms. The van der Waals surface area contributed by atoms with Gasteiger partial charge in [0.15, 0.2) is 17.5 Å². The number of amidine groups is 3. The summed E-state index contributed by atoms with van der Waals surface area (Å²) < 4.78 is 0. The highest BCUT2D eigenvalue weighted by molar-refractivity contribution is 6.29. The average Bonchev–Trinajstić information content (AvgIpc) is 3.76. The quantitative estimate of drug-likeness (QED) is 0.236. The molecule has 0 spiro atoms. The van der Waals surface area contributed by atoms with Gasteiger partial charge in [-0.3, -0.25) is 0 Å². The van der Waals surface area contributed by atoms with Crippen LogP contribution in [0.1, 0.15) is 29.2 Å². The zero-order chi connectivity index (χ0) is 27.8. The van der Waals surface area contributed by atoms with Gasteiger partial charge in [-0.15, -0.1) is 0 Å². The molecule has 5 heterocycles. The molecule has 4 aromatic carbocycles. The van der Waals surface area contributed by atoms with E-state index < -0.39 is 0 Å². The Bertz CT molecular complexity index is 2460. The van der Waals surface area contributed by atoms with Crippen LogP contribution in [0.25, 0.3) is 27.3 Å². The summed E-state index contributed by atoms with van der Waals surface area (Å²) in [5, 5.41) is 4.80. The van der Waals surface area contributed by atoms with E-state index in [-0.39, 0.29) is 0 Å². The number of hydrogen-bond acceptors (Lipinski definition) is 5. The van der Waals surface area contributed by atoms with Gasteiger partial charge in [-0.2, -0.15) is 0 Å². The molecule has 8 bridgehead atoms. The SMILES string of the molecule is CC1=C=c2[nH]/c(c3ccccc23)=N\C2=NC(=N\c3[nH]c(c4ccccc34)/N=C3\N=C1c1ccccc13)/c1ccccc12. The van der Waals surface area contributed by atoms with Gasteiger partial charge in [-0.25, -0.2) is 25.0 Å². The average molecular weight is 540 g/mol. The van der Waals surface area contributed by atoms with Crippen LogP contribution >= 0.6 is 0 Å². The normalized spacial score (nSPS) is 18.3. The minimum atomic E-state index is 0.602. The number of nitrogens with zero attached hydrogens (tertiary/aromatic N) is 5. The Morgan fingerprint density at radius 2 is 0.976 bits per heavy atom. The maximum absolute atomic E-state index is 5.07. The molecule has 6 aromatic rings. The van der Waals surface area contributed by atoms with Crippen LogP contribution in [0.15, 0.2) is 128 Å². The second-order valence-corrected chi connectivity index (χ2v) is 10.5. The summed E-state index contributed by atoms with van der Waals surface area (Å²) in [5.41, 5.74) is 9.96. The van der Waals surface area contributed by atoms with Crippen molar-refractivity contribution >= 4 is 62.1 Å². The molecule has 0 fully saturated rings. The van der Waals surface area contributed by atoms with E-state index in [9.17, 15) is 0 Å². The first-order valence-electron chi connectivity index (χ1n) is 13.8. The molecule has 2 aromatic heterocycles. The molecule has 3 aliphatic heterocycles. The summed E-state index contributed by atoms with van der Waals surface area (Å²) in [6.45, 7) is 2.04. The van der Waals surface area contributed by atoms with Gasteiger partial charge in [0.2, 0.25) is 0 Å². The first-order chi connectivity index (χ1) is 20.7. The number of nitrogens with one attached hydrogen (secondary N) is 2. The van der Waals surface area contributed by atoms with E-state index in [0.29, 0.717) is 29.1 Å². The molecule has 42 heavy (non-hydrogen) atoms. The lowest BCUT2D eigenvalue weighted by molar-refractivity contribution is 1.20. The fourth-order valence-corrected chi connectivity index (χ4v) is 5.98. The Hall–Kier alpha value is -5.91. The highest BCUT2D eigenvalue weighted by Gasteiger charge is 2.25. The van der Waals surface area contributed by atoms with Crippen molar-refractivity contribution in [1.29, 1.82) is 0 Å². The van der Waals surface area contributed by atoms with E-state index in [0.717, 1.165) is 65.9 Å². The van der Waals surface area contributed by atoms with Gasteiger partial charge in [0, 0.05) is 49.4 Å². The number of allylic oxidation sites excluding steroid dienone is 1. The molecular formula is C35H21N7. The van der Waals surface area contributed by atoms with Gasteiger partial charge in [-0.05, 0) is 6.92 Å². The third-order valence-electron chi connectivity index (χ3n) is 7.95. The highest BCUT2D eigenvalue weighted by atomic mass is 15.1. The fourth-order valence-electron chi connectivity index (χ4n) is 5.98. The monoisotopic (exact) mass is 539 g/mol. The van der Waals surface area contributed by atoms with Crippen LogP contribution in [0.3, 0.4) is 0 Å². The number of H-pyrrole nitrogens is 2. The molecule has 2 N–H and O–H groups in total. The van der Waals surface area contributed by atoms with Gasteiger partial charge in [0.25, 0.3) is 0 Å². The number of benzene rings is 4. The van der Waals surface area contributed by atoms with Crippen molar-refractivity contribution in [2.45, 2.75) is 6.92 Å². The van der Waals surface area contributed by atoms with E-state index in [1.807, 2.05) is 67.6 Å². The van der Waals surface area contributed by atoms with Crippen molar-refractivity contribution in [2.75, 3.05) is 0 Å². The summed E-state index contributed by atoms with van der Waals surface area (Å²) >= 11 is 0. The predicted molar refractivity (Wildman–Crippen MR) is 168 cm³/mol. The largest absolute Gasteiger partial charge is 0.333 e. The van der Waals surface area contributed by atoms with Crippen molar-refractivity contribution in [3.63, 3.8) is 0 Å². The summed E-state index contributed by atoms with van der Waals surface area (Å²) in [5.74, 6) is 3.26. The maximum Gasteiger partial charge on any atom is 0.164 e. The topological polar surface area (TPSA) is 93.4 Å². The molecule has 0 amide bonds. The van der Waals surface area contributed by atoms with E-state index in [4.69, 9.17) is 25.0 Å². The van der Waals surface area contributed by atoms with E-state index in [1.165, 1.54) is 0 Å². The van der Waals surface area contributed by atoms with Crippen LogP contribution in [0.5, 0.6) is 0 Å². The number of aromatic amines is 2. The number of rotatable bonds is 0. The van der Waals surface area contributed by atoms with Crippen molar-refractivity contribution < 1.29 is 0 Å². The minimum Gasteiger partial charge on any atom is -0.333 e. The third kappa shape index (κ3) is 3.32. The third-order valence-corrected chi connectivity index (χ3v) is 7.95. The van der Waals surface area contributed by atoms with Crippen LogP contribution < -0.4 is 10.8 Å². The van der Waals surface area contributed by atoms with Crippen LogP contribution in [-0.4, -0.2) is 33.2 Å². The predicted octanol–water partition coefficient (Wildman–Crippen LogP) is 6.03. The summed E-state index contributed by atoms with van der Waals surface area (Å²) in [4.78, 5) is 32.2. The lowest BCUT2D eigenvalue weighted by Crippen LogP contribution is -2.13. The summed E-state index contributed by atoms with van der Waals surface area (Å²) in [7, 11) is 0. The molecule has 0 saturated carbocycles. The highest BCUT2D eigenvalue weighted by Crippen LogP contribution is 2.36. The van der Waals surface area contributed by atoms with Crippen LogP contribution in [-0.2, 0) is 0 Å². The number of fused-ring (bicyclic) bond motifs is 18. The number of hydrogen-bond donors (Lipinski definition) is 2. The molecule has 0 radical (unpaired) electrons. The molecule has 7 nitrogen and oxygen atoms in total. The van der Waals surface area contributed by atoms with Crippen molar-refractivity contribution in [1.82, 2.24) is 9.97 Å². The van der Waals surface area contributed by atoms with Gasteiger partial charge in [0.1, 0.15) is 17.1 Å². The van der Waals surface area contributed by atoms with E-state index >= 15 is 0 Å². The zero-order valence-corrected chi connectivity index (χ0v) is 22.5. The molecule has 0 atom stereocenters. The molecular weight excluding hydrogens is 518 g/mol. The minimum absolute atomic E-state index is 0.602. The smallest absolute Gasteiger partial charge is 0.164 e. The molecule has 0 aliphatic carbocycles. The van der Waals surface area contributed by atoms with E-state index in [2.05, 4.69) is 52.1 Å². The fraction of sp³-hybridized carbons (Fsp3) is 0.0286. The molecule has 9 rings (SSSR count). The van der Waals surface area contributed by atoms with Gasteiger partial charge >= 0.3 is 0 Å². The second-order valence-electron chi connectivity index (χ2n) is 10.5. The Kier molecular flexibility index (Phi) is 4.65. The van der Waals surface area contributed by atoms with Crippen LogP contribution in [0, 0.1) is 0 Å². The van der Waals surface area contributed by atoms with Crippen molar-refractivity contribution in [3.05, 3.63) is 136 Å². The number of aromatic nitrogens is 2. The Labute approximate surface area is 239 Å². The summed E-state index contributed by atoms with van der Waals surface area (Å²) in [6, 6.07) is 32.6.